The zero-order chi connectivity index (χ0) is 15.4. The molecule has 1 heterocycles. The molecule has 0 fully saturated rings. The van der Waals surface area contributed by atoms with Gasteiger partial charge >= 0.3 is 5.97 Å². The van der Waals surface area contributed by atoms with E-state index in [-0.39, 0.29) is 11.4 Å². The maximum Gasteiger partial charge on any atom is 0.328 e. The predicted octanol–water partition coefficient (Wildman–Crippen LogP) is 2.47. The van der Waals surface area contributed by atoms with Crippen LogP contribution in [0.1, 0.15) is 21.8 Å². The number of aryl methyl sites for hydroxylation is 1. The van der Waals surface area contributed by atoms with Crippen LogP contribution >= 0.6 is 0 Å². The first-order chi connectivity index (χ1) is 9.95. The molecule has 0 aliphatic heterocycles. The van der Waals surface area contributed by atoms with Gasteiger partial charge in [0.2, 0.25) is 0 Å². The fraction of sp³-hybridized carbons (Fsp3) is 0.0714. The van der Waals surface area contributed by atoms with E-state index in [1.54, 1.807) is 6.92 Å². The van der Waals surface area contributed by atoms with Gasteiger partial charge < -0.3 is 14.9 Å². The first-order valence-electron chi connectivity index (χ1n) is 5.91. The van der Waals surface area contributed by atoms with Crippen molar-refractivity contribution in [2.45, 2.75) is 6.92 Å². The molecule has 7 heteroatoms. The molecule has 1 aromatic carbocycles. The number of aromatic nitrogens is 1. The van der Waals surface area contributed by atoms with Gasteiger partial charge in [0, 0.05) is 12.1 Å². The number of hydrogen-bond donors (Lipinski definition) is 2. The largest absolute Gasteiger partial charge is 0.478 e. The number of aliphatic carboxylic acids is 1. The van der Waals surface area contributed by atoms with E-state index in [1.165, 1.54) is 24.3 Å². The summed E-state index contributed by atoms with van der Waals surface area (Å²) in [5.41, 5.74) is 0.375. The molecule has 0 saturated heterocycles. The molecule has 2 aromatic rings. The topological polar surface area (TPSA) is 92.4 Å². The number of halogens is 1. The smallest absolute Gasteiger partial charge is 0.328 e. The van der Waals surface area contributed by atoms with Crippen LogP contribution in [0, 0.1) is 12.7 Å². The number of hydrogen-bond acceptors (Lipinski definition) is 4. The van der Waals surface area contributed by atoms with E-state index in [4.69, 9.17) is 9.63 Å². The molecule has 6 nitrogen and oxygen atoms in total. The highest BCUT2D eigenvalue weighted by Gasteiger charge is 2.13. The lowest BCUT2D eigenvalue weighted by molar-refractivity contribution is -0.131. The number of carbonyl (C=O) groups is 2. The van der Waals surface area contributed by atoms with Crippen molar-refractivity contribution in [1.29, 1.82) is 0 Å². The molecule has 108 valence electrons. The Kier molecular flexibility index (Phi) is 4.13. The summed E-state index contributed by atoms with van der Waals surface area (Å²) in [6.07, 6.45) is 2.14. The van der Waals surface area contributed by atoms with Crippen LogP contribution in [0.4, 0.5) is 10.1 Å². The van der Waals surface area contributed by atoms with Gasteiger partial charge in [-0.05, 0) is 30.7 Å². The third-order valence-electron chi connectivity index (χ3n) is 2.52. The van der Waals surface area contributed by atoms with Gasteiger partial charge in [0.15, 0.2) is 5.69 Å². The van der Waals surface area contributed by atoms with Crippen LogP contribution < -0.4 is 5.32 Å². The molecule has 0 radical (unpaired) electrons. The predicted molar refractivity (Wildman–Crippen MR) is 72.3 cm³/mol. The molecule has 0 spiro atoms. The van der Waals surface area contributed by atoms with Gasteiger partial charge in [-0.1, -0.05) is 11.2 Å². The van der Waals surface area contributed by atoms with Gasteiger partial charge in [0.1, 0.15) is 11.6 Å². The van der Waals surface area contributed by atoms with Gasteiger partial charge in [-0.25, -0.2) is 9.18 Å². The van der Waals surface area contributed by atoms with Crippen molar-refractivity contribution >= 4 is 23.6 Å². The number of carbonyl (C=O) groups excluding carboxylic acids is 1. The van der Waals surface area contributed by atoms with Crippen LogP contribution in [0.5, 0.6) is 0 Å². The standard InChI is InChI=1S/C14H11FN2O4/c1-8-6-12(17-21-8)14(20)16-11-4-2-9(7-10(11)15)3-5-13(18)19/h2-7H,1H3,(H,16,20)(H,18,19). The average Bonchev–Trinajstić information content (AvgIpc) is 2.86. The van der Waals surface area contributed by atoms with Crippen molar-refractivity contribution in [2.75, 3.05) is 5.32 Å². The van der Waals surface area contributed by atoms with Crippen LogP contribution in [0.2, 0.25) is 0 Å². The highest BCUT2D eigenvalue weighted by atomic mass is 19.1. The summed E-state index contributed by atoms with van der Waals surface area (Å²) in [7, 11) is 0. The molecule has 2 rings (SSSR count). The monoisotopic (exact) mass is 290 g/mol. The van der Waals surface area contributed by atoms with E-state index >= 15 is 0 Å². The fourth-order valence-electron chi connectivity index (χ4n) is 1.56. The van der Waals surface area contributed by atoms with E-state index in [2.05, 4.69) is 10.5 Å². The summed E-state index contributed by atoms with van der Waals surface area (Å²) in [4.78, 5) is 22.2. The van der Waals surface area contributed by atoms with Crippen molar-refractivity contribution in [1.82, 2.24) is 5.16 Å². The molecule has 2 N–H and O–H groups in total. The Bertz CT molecular complexity index is 722. The second-order valence-corrected chi connectivity index (χ2v) is 4.19. The molecule has 0 bridgehead atoms. The number of amides is 1. The first-order valence-corrected chi connectivity index (χ1v) is 5.91. The Labute approximate surface area is 118 Å². The second-order valence-electron chi connectivity index (χ2n) is 4.19. The molecule has 0 aliphatic rings. The number of rotatable bonds is 4. The zero-order valence-electron chi connectivity index (χ0n) is 11.0. The number of anilines is 1. The number of benzene rings is 1. The summed E-state index contributed by atoms with van der Waals surface area (Å²) < 4.78 is 18.6. The zero-order valence-corrected chi connectivity index (χ0v) is 11.0. The molecule has 0 aliphatic carbocycles. The highest BCUT2D eigenvalue weighted by Crippen LogP contribution is 2.17. The van der Waals surface area contributed by atoms with Crippen LogP contribution in [0.25, 0.3) is 6.08 Å². The van der Waals surface area contributed by atoms with Crippen molar-refractivity contribution in [3.8, 4) is 0 Å². The molecule has 0 atom stereocenters. The quantitative estimate of drug-likeness (QED) is 0.844. The SMILES string of the molecule is Cc1cc(C(=O)Nc2ccc(C=CC(=O)O)cc2F)no1. The lowest BCUT2D eigenvalue weighted by atomic mass is 10.2. The summed E-state index contributed by atoms with van der Waals surface area (Å²) in [6.45, 7) is 1.63. The van der Waals surface area contributed by atoms with E-state index in [0.717, 1.165) is 12.1 Å². The van der Waals surface area contributed by atoms with Gasteiger partial charge in [-0.15, -0.1) is 0 Å². The normalized spacial score (nSPS) is 10.8. The van der Waals surface area contributed by atoms with Crippen LogP contribution in [0.15, 0.2) is 34.9 Å². The van der Waals surface area contributed by atoms with Crippen LogP contribution in [-0.4, -0.2) is 22.1 Å². The molecule has 0 unspecified atom stereocenters. The third-order valence-corrected chi connectivity index (χ3v) is 2.52. The van der Waals surface area contributed by atoms with Crippen LogP contribution in [0.3, 0.4) is 0 Å². The lowest BCUT2D eigenvalue weighted by Crippen LogP contribution is -2.13. The van der Waals surface area contributed by atoms with E-state index in [9.17, 15) is 14.0 Å². The Morgan fingerprint density at radius 1 is 1.38 bits per heavy atom. The van der Waals surface area contributed by atoms with E-state index < -0.39 is 17.7 Å². The Hall–Kier alpha value is -2.96. The average molecular weight is 290 g/mol. The number of carboxylic acids is 1. The maximum absolute atomic E-state index is 13.8. The molecular formula is C14H11FN2O4. The molecule has 1 aromatic heterocycles. The lowest BCUT2D eigenvalue weighted by Gasteiger charge is -2.05. The van der Waals surface area contributed by atoms with Crippen molar-refractivity contribution < 1.29 is 23.6 Å². The molecule has 0 saturated carbocycles. The van der Waals surface area contributed by atoms with Gasteiger partial charge in [-0.3, -0.25) is 4.79 Å². The van der Waals surface area contributed by atoms with Crippen LogP contribution in [-0.2, 0) is 4.79 Å². The van der Waals surface area contributed by atoms with E-state index in [0.29, 0.717) is 11.3 Å². The minimum Gasteiger partial charge on any atom is -0.478 e. The Morgan fingerprint density at radius 3 is 2.71 bits per heavy atom. The summed E-state index contributed by atoms with van der Waals surface area (Å²) in [6, 6.07) is 5.36. The first kappa shape index (κ1) is 14.4. The number of nitrogens with zero attached hydrogens (tertiary/aromatic N) is 1. The van der Waals surface area contributed by atoms with Gasteiger partial charge in [0.25, 0.3) is 5.91 Å². The highest BCUT2D eigenvalue weighted by molar-refractivity contribution is 6.02. The molecule has 1 amide bonds. The third kappa shape index (κ3) is 3.75. The van der Waals surface area contributed by atoms with E-state index in [1.807, 2.05) is 0 Å². The Morgan fingerprint density at radius 2 is 2.14 bits per heavy atom. The van der Waals surface area contributed by atoms with Crippen molar-refractivity contribution in [3.63, 3.8) is 0 Å². The molecule has 21 heavy (non-hydrogen) atoms. The maximum atomic E-state index is 13.8. The molecular weight excluding hydrogens is 279 g/mol. The van der Waals surface area contributed by atoms with Crippen molar-refractivity contribution in [3.05, 3.63) is 53.2 Å². The summed E-state index contributed by atoms with van der Waals surface area (Å²) in [5, 5.41) is 14.4. The summed E-state index contributed by atoms with van der Waals surface area (Å²) in [5.74, 6) is -1.94. The minimum atomic E-state index is -1.13. The van der Waals surface area contributed by atoms with Crippen molar-refractivity contribution in [2.24, 2.45) is 0 Å². The van der Waals surface area contributed by atoms with Gasteiger partial charge in [-0.2, -0.15) is 0 Å². The van der Waals surface area contributed by atoms with Gasteiger partial charge in [0.05, 0.1) is 5.69 Å². The fourth-order valence-corrected chi connectivity index (χ4v) is 1.56. The number of nitrogens with one attached hydrogen (secondary N) is 1. The Balaban J connectivity index is 2.14. The second kappa shape index (κ2) is 6.00. The summed E-state index contributed by atoms with van der Waals surface area (Å²) >= 11 is 0. The number of carboxylic acid groups (broad SMARTS) is 1. The minimum absolute atomic E-state index is 0.0341.